The average Bonchev–Trinajstić information content (AvgIpc) is 3.30. The first-order valence-corrected chi connectivity index (χ1v) is 12.4. The lowest BCUT2D eigenvalue weighted by molar-refractivity contribution is -0.118. The zero-order valence-corrected chi connectivity index (χ0v) is 21.2. The Labute approximate surface area is 210 Å². The molecule has 1 heterocycles. The Kier molecular flexibility index (Phi) is 7.46. The van der Waals surface area contributed by atoms with E-state index in [4.69, 9.17) is 0 Å². The fourth-order valence-electron chi connectivity index (χ4n) is 3.53. The Morgan fingerprint density at radius 3 is 2.17 bits per heavy atom. The number of benzene rings is 3. The molecule has 0 aliphatic heterocycles. The van der Waals surface area contributed by atoms with Gasteiger partial charge in [-0.3, -0.25) is 9.36 Å². The molecule has 0 bridgehead atoms. The molecular formula is C28H29N5OS. The van der Waals surface area contributed by atoms with Gasteiger partial charge in [0.25, 0.3) is 5.91 Å². The highest BCUT2D eigenvalue weighted by Crippen LogP contribution is 2.30. The number of carbonyl (C=O) groups is 1. The van der Waals surface area contributed by atoms with Gasteiger partial charge >= 0.3 is 0 Å². The van der Waals surface area contributed by atoms with Crippen LogP contribution in [0.2, 0.25) is 0 Å². The molecule has 0 atom stereocenters. The lowest BCUT2D eigenvalue weighted by Crippen LogP contribution is -2.21. The first kappa shape index (κ1) is 24.4. The van der Waals surface area contributed by atoms with Crippen LogP contribution in [-0.2, 0) is 10.2 Å². The second kappa shape index (κ2) is 10.7. The van der Waals surface area contributed by atoms with Crippen molar-refractivity contribution in [3.63, 3.8) is 0 Å². The predicted octanol–water partition coefficient (Wildman–Crippen LogP) is 5.86. The number of aromatic nitrogens is 3. The van der Waals surface area contributed by atoms with Crippen molar-refractivity contribution in [2.45, 2.75) is 38.3 Å². The van der Waals surface area contributed by atoms with Crippen molar-refractivity contribution in [1.29, 1.82) is 0 Å². The van der Waals surface area contributed by atoms with E-state index in [0.29, 0.717) is 5.16 Å². The van der Waals surface area contributed by atoms with Crippen LogP contribution in [0, 0.1) is 0 Å². The van der Waals surface area contributed by atoms with Crippen LogP contribution in [0.1, 0.15) is 38.8 Å². The van der Waals surface area contributed by atoms with Gasteiger partial charge in [-0.05, 0) is 35.6 Å². The molecule has 0 saturated carbocycles. The maximum absolute atomic E-state index is 12.5. The third kappa shape index (κ3) is 6.05. The zero-order valence-electron chi connectivity index (χ0n) is 20.4. The number of hydrogen-bond acceptors (Lipinski definition) is 5. The van der Waals surface area contributed by atoms with E-state index < -0.39 is 0 Å². The summed E-state index contributed by atoms with van der Waals surface area (Å²) in [6.45, 7) is 8.45. The van der Waals surface area contributed by atoms with Crippen LogP contribution in [-0.4, -0.2) is 32.1 Å². The minimum absolute atomic E-state index is 0.0708. The number of hydrogen-bond donors (Lipinski definition) is 1. The smallest absolute Gasteiger partial charge is 0.250 e. The molecule has 0 aliphatic rings. The normalized spacial score (nSPS) is 11.9. The van der Waals surface area contributed by atoms with Gasteiger partial charge in [-0.15, -0.1) is 10.2 Å². The summed E-state index contributed by atoms with van der Waals surface area (Å²) in [5.41, 5.74) is 7.58. The molecule has 0 fully saturated rings. The molecule has 1 N–H and O–H groups in total. The van der Waals surface area contributed by atoms with Gasteiger partial charge < -0.3 is 0 Å². The number of para-hydroxylation sites is 1. The molecule has 4 aromatic rings. The van der Waals surface area contributed by atoms with Crippen LogP contribution in [0.5, 0.6) is 0 Å². The standard InChI is InChI=1S/C28H29N5OS/c1-20(21-11-7-5-8-12-21)29-30-25(34)19-35-27-32-31-26(33(27)24-13-9-6-10-14-24)22-15-17-23(18-16-22)28(2,3)4/h5-18H,19H2,1-4H3,(H,30,34)/b29-20-. The Hall–Kier alpha value is -3.71. The second-order valence-corrected chi connectivity index (χ2v) is 10.1. The summed E-state index contributed by atoms with van der Waals surface area (Å²) >= 11 is 1.33. The molecule has 178 valence electrons. The van der Waals surface area contributed by atoms with Crippen molar-refractivity contribution < 1.29 is 4.79 Å². The highest BCUT2D eigenvalue weighted by Gasteiger charge is 2.19. The van der Waals surface area contributed by atoms with Gasteiger partial charge in [0.1, 0.15) is 0 Å². The fourth-order valence-corrected chi connectivity index (χ4v) is 4.28. The zero-order chi connectivity index (χ0) is 24.8. The summed E-state index contributed by atoms with van der Waals surface area (Å²) in [7, 11) is 0. The SMILES string of the molecule is C/C(=N/NC(=O)CSc1nnc(-c2ccc(C(C)(C)C)cc2)n1-c1ccccc1)c1ccccc1. The number of nitrogens with one attached hydrogen (secondary N) is 1. The van der Waals surface area contributed by atoms with Crippen molar-refractivity contribution in [3.8, 4) is 17.1 Å². The highest BCUT2D eigenvalue weighted by molar-refractivity contribution is 7.99. The number of amides is 1. The van der Waals surface area contributed by atoms with Gasteiger partial charge in [0, 0.05) is 11.3 Å². The molecule has 0 aliphatic carbocycles. The molecule has 4 rings (SSSR count). The molecule has 3 aromatic carbocycles. The molecule has 35 heavy (non-hydrogen) atoms. The molecule has 7 heteroatoms. The van der Waals surface area contributed by atoms with Gasteiger partial charge in [-0.25, -0.2) is 5.43 Å². The van der Waals surface area contributed by atoms with E-state index in [9.17, 15) is 4.79 Å². The van der Waals surface area contributed by atoms with Crippen LogP contribution in [0.3, 0.4) is 0 Å². The largest absolute Gasteiger partial charge is 0.272 e. The quantitative estimate of drug-likeness (QED) is 0.203. The van der Waals surface area contributed by atoms with E-state index in [-0.39, 0.29) is 17.1 Å². The Morgan fingerprint density at radius 2 is 1.54 bits per heavy atom. The van der Waals surface area contributed by atoms with E-state index in [1.165, 1.54) is 17.3 Å². The van der Waals surface area contributed by atoms with Crippen LogP contribution >= 0.6 is 11.8 Å². The van der Waals surface area contributed by atoms with Crippen molar-refractivity contribution in [2.24, 2.45) is 5.10 Å². The molecule has 1 aromatic heterocycles. The first-order chi connectivity index (χ1) is 16.8. The lowest BCUT2D eigenvalue weighted by atomic mass is 9.87. The number of thioether (sulfide) groups is 1. The van der Waals surface area contributed by atoms with Crippen LogP contribution in [0.25, 0.3) is 17.1 Å². The monoisotopic (exact) mass is 483 g/mol. The first-order valence-electron chi connectivity index (χ1n) is 11.5. The maximum Gasteiger partial charge on any atom is 0.250 e. The molecule has 0 radical (unpaired) electrons. The predicted molar refractivity (Wildman–Crippen MR) is 143 cm³/mol. The fraction of sp³-hybridized carbons (Fsp3) is 0.214. The van der Waals surface area contributed by atoms with Gasteiger partial charge in [0.15, 0.2) is 11.0 Å². The van der Waals surface area contributed by atoms with Crippen LogP contribution < -0.4 is 5.43 Å². The second-order valence-electron chi connectivity index (χ2n) is 9.19. The Bertz CT molecular complexity index is 1310. The van der Waals surface area contributed by atoms with E-state index in [1.807, 2.05) is 72.2 Å². The number of carbonyl (C=O) groups excluding carboxylic acids is 1. The average molecular weight is 484 g/mol. The number of nitrogens with zero attached hydrogens (tertiary/aromatic N) is 4. The Morgan fingerprint density at radius 1 is 0.914 bits per heavy atom. The third-order valence-corrected chi connectivity index (χ3v) is 6.46. The minimum atomic E-state index is -0.205. The summed E-state index contributed by atoms with van der Waals surface area (Å²) in [6.07, 6.45) is 0. The van der Waals surface area contributed by atoms with Gasteiger partial charge in [-0.1, -0.05) is 105 Å². The van der Waals surface area contributed by atoms with E-state index in [1.54, 1.807) is 0 Å². The number of rotatable bonds is 7. The minimum Gasteiger partial charge on any atom is -0.272 e. The number of hydrazone groups is 1. The topological polar surface area (TPSA) is 72.2 Å². The summed E-state index contributed by atoms with van der Waals surface area (Å²) in [4.78, 5) is 12.5. The molecule has 0 spiro atoms. The molecule has 0 saturated heterocycles. The van der Waals surface area contributed by atoms with Gasteiger partial charge in [0.05, 0.1) is 11.5 Å². The maximum atomic E-state index is 12.5. The van der Waals surface area contributed by atoms with Crippen molar-refractivity contribution in [2.75, 3.05) is 5.75 Å². The summed E-state index contributed by atoms with van der Waals surface area (Å²) < 4.78 is 1.99. The van der Waals surface area contributed by atoms with E-state index in [0.717, 1.165) is 28.4 Å². The van der Waals surface area contributed by atoms with E-state index in [2.05, 4.69) is 65.8 Å². The summed E-state index contributed by atoms with van der Waals surface area (Å²) in [5.74, 6) is 0.695. The molecule has 6 nitrogen and oxygen atoms in total. The Balaban J connectivity index is 1.54. The van der Waals surface area contributed by atoms with Crippen molar-refractivity contribution in [3.05, 3.63) is 96.1 Å². The van der Waals surface area contributed by atoms with Crippen LogP contribution in [0.4, 0.5) is 0 Å². The highest BCUT2D eigenvalue weighted by atomic mass is 32.2. The molecule has 0 unspecified atom stereocenters. The van der Waals surface area contributed by atoms with Gasteiger partial charge in [0.2, 0.25) is 0 Å². The molecule has 1 amide bonds. The summed E-state index contributed by atoms with van der Waals surface area (Å²) in [6, 6.07) is 28.1. The third-order valence-electron chi connectivity index (χ3n) is 5.53. The van der Waals surface area contributed by atoms with Crippen molar-refractivity contribution >= 4 is 23.4 Å². The van der Waals surface area contributed by atoms with Crippen LogP contribution in [0.15, 0.2) is 95.2 Å². The lowest BCUT2D eigenvalue weighted by Gasteiger charge is -2.19. The van der Waals surface area contributed by atoms with Gasteiger partial charge in [-0.2, -0.15) is 5.10 Å². The summed E-state index contributed by atoms with van der Waals surface area (Å²) in [5, 5.41) is 13.8. The molecular weight excluding hydrogens is 454 g/mol. The van der Waals surface area contributed by atoms with E-state index >= 15 is 0 Å². The van der Waals surface area contributed by atoms with Crippen molar-refractivity contribution in [1.82, 2.24) is 20.2 Å².